The van der Waals surface area contributed by atoms with Crippen LogP contribution in [0.2, 0.25) is 5.02 Å². The van der Waals surface area contributed by atoms with Crippen LogP contribution >= 0.6 is 11.6 Å². The third-order valence-electron chi connectivity index (χ3n) is 17.7. The number of allylic oxidation sites excluding steroid dienone is 2. The van der Waals surface area contributed by atoms with Crippen molar-refractivity contribution in [2.75, 3.05) is 13.2 Å². The summed E-state index contributed by atoms with van der Waals surface area (Å²) in [6.07, 6.45) is 10.9. The Morgan fingerprint density at radius 1 is 0.914 bits per heavy atom. The van der Waals surface area contributed by atoms with Gasteiger partial charge in [-0.3, -0.25) is 24.0 Å². The minimum Gasteiger partial charge on any atom is -0.481 e. The number of amides is 2. The van der Waals surface area contributed by atoms with Gasteiger partial charge in [0, 0.05) is 41.3 Å². The second kappa shape index (κ2) is 15.8. The SMILES string of the molecule is CC(C)C1=C2C3CCC4C(C)(CCC5C(C)C(CC(=O)C6CC(C(=O)O)C6C)CCC54C)C3CCC2(CCNC(=O)C(C)(CO)NC(=O)c2ccc(Cl)cc2)CC1=O. The zero-order valence-corrected chi connectivity index (χ0v) is 36.6. The summed E-state index contributed by atoms with van der Waals surface area (Å²) in [6, 6.07) is 6.36. The molecule has 9 nitrogen and oxygen atoms in total. The van der Waals surface area contributed by atoms with Crippen molar-refractivity contribution in [3.8, 4) is 0 Å². The molecule has 1 aromatic carbocycles. The molecule has 0 saturated heterocycles. The molecule has 5 fully saturated rings. The molecule has 6 aliphatic rings. The van der Waals surface area contributed by atoms with E-state index in [4.69, 9.17) is 11.6 Å². The number of aliphatic hydroxyl groups excluding tert-OH is 1. The maximum absolute atomic E-state index is 14.0. The lowest BCUT2D eigenvalue weighted by molar-refractivity contribution is -0.172. The summed E-state index contributed by atoms with van der Waals surface area (Å²) in [5, 5.41) is 26.1. The first-order chi connectivity index (χ1) is 27.3. The van der Waals surface area contributed by atoms with Crippen LogP contribution in [0.4, 0.5) is 0 Å². The first kappa shape index (κ1) is 43.1. The van der Waals surface area contributed by atoms with E-state index in [2.05, 4.69) is 45.3 Å². The van der Waals surface area contributed by atoms with Crippen LogP contribution in [-0.4, -0.2) is 58.3 Å². The summed E-state index contributed by atoms with van der Waals surface area (Å²) in [6.45, 7) is 15.1. The van der Waals surface area contributed by atoms with Crippen molar-refractivity contribution in [2.45, 2.75) is 131 Å². The van der Waals surface area contributed by atoms with Crippen molar-refractivity contribution < 1.29 is 34.2 Å². The van der Waals surface area contributed by atoms with E-state index in [0.717, 1.165) is 56.9 Å². The first-order valence-electron chi connectivity index (χ1n) is 22.3. The number of carboxylic acid groups (broad SMARTS) is 1. The van der Waals surface area contributed by atoms with Gasteiger partial charge < -0.3 is 20.8 Å². The van der Waals surface area contributed by atoms with E-state index in [0.29, 0.717) is 78.3 Å². The number of Topliss-reactive ketones (excluding diaryl/α,β-unsaturated/α-hetero) is 2. The molecule has 0 spiro atoms. The Morgan fingerprint density at radius 2 is 1.57 bits per heavy atom. The molecule has 58 heavy (non-hydrogen) atoms. The van der Waals surface area contributed by atoms with Crippen molar-refractivity contribution in [1.29, 1.82) is 0 Å². The van der Waals surface area contributed by atoms with E-state index < -0.39 is 29.9 Å². The molecule has 0 bridgehead atoms. The van der Waals surface area contributed by atoms with Crippen molar-refractivity contribution in [2.24, 2.45) is 75.4 Å². The molecule has 6 aliphatic carbocycles. The van der Waals surface area contributed by atoms with Gasteiger partial charge in [0.2, 0.25) is 5.91 Å². The van der Waals surface area contributed by atoms with Crippen LogP contribution in [0.15, 0.2) is 35.4 Å². The van der Waals surface area contributed by atoms with Gasteiger partial charge in [-0.25, -0.2) is 0 Å². The van der Waals surface area contributed by atoms with Crippen LogP contribution in [-0.2, 0) is 19.2 Å². The second-order valence-corrected chi connectivity index (χ2v) is 21.3. The number of aliphatic hydroxyl groups is 1. The summed E-state index contributed by atoms with van der Waals surface area (Å²) in [5.41, 5.74) is 1.23. The molecule has 1 aromatic rings. The number of benzene rings is 1. The molecular formula is C48H67ClN2O7. The maximum atomic E-state index is 14.0. The fraction of sp³-hybridized carbons (Fsp3) is 0.729. The van der Waals surface area contributed by atoms with E-state index >= 15 is 0 Å². The number of hydrogen-bond acceptors (Lipinski definition) is 6. The summed E-state index contributed by atoms with van der Waals surface area (Å²) in [7, 11) is 0. The normalized spacial score (nSPS) is 39.0. The molecule has 5 saturated carbocycles. The van der Waals surface area contributed by atoms with Gasteiger partial charge in [0.1, 0.15) is 11.3 Å². The van der Waals surface area contributed by atoms with Crippen LogP contribution < -0.4 is 10.6 Å². The Labute approximate surface area is 350 Å². The molecule has 13 atom stereocenters. The minimum absolute atomic E-state index is 0.0724. The van der Waals surface area contributed by atoms with E-state index in [9.17, 15) is 34.2 Å². The number of aliphatic carboxylic acids is 1. The van der Waals surface area contributed by atoms with Gasteiger partial charge in [0.15, 0.2) is 5.78 Å². The Bertz CT molecular complexity index is 1860. The highest BCUT2D eigenvalue weighted by molar-refractivity contribution is 6.30. The number of halogens is 1. The van der Waals surface area contributed by atoms with Crippen LogP contribution in [0.1, 0.15) is 136 Å². The Hall–Kier alpha value is -3.04. The minimum atomic E-state index is -1.53. The number of fused-ring (bicyclic) bond motifs is 7. The molecule has 10 heteroatoms. The predicted octanol–water partition coefficient (Wildman–Crippen LogP) is 8.46. The lowest BCUT2D eigenvalue weighted by Gasteiger charge is -2.67. The van der Waals surface area contributed by atoms with Gasteiger partial charge in [-0.15, -0.1) is 0 Å². The quantitative estimate of drug-likeness (QED) is 0.165. The summed E-state index contributed by atoms with van der Waals surface area (Å²) >= 11 is 5.99. The highest BCUT2D eigenvalue weighted by Crippen LogP contribution is 2.72. The molecular weight excluding hydrogens is 752 g/mol. The largest absolute Gasteiger partial charge is 0.481 e. The molecule has 0 aromatic heterocycles. The van der Waals surface area contributed by atoms with Crippen molar-refractivity contribution in [1.82, 2.24) is 10.6 Å². The van der Waals surface area contributed by atoms with Gasteiger partial charge in [0.25, 0.3) is 5.91 Å². The monoisotopic (exact) mass is 818 g/mol. The topological polar surface area (TPSA) is 150 Å². The van der Waals surface area contributed by atoms with Crippen molar-refractivity contribution in [3.63, 3.8) is 0 Å². The van der Waals surface area contributed by atoms with Crippen LogP contribution in [0, 0.1) is 75.4 Å². The van der Waals surface area contributed by atoms with Crippen molar-refractivity contribution in [3.05, 3.63) is 46.0 Å². The second-order valence-electron chi connectivity index (χ2n) is 20.8. The summed E-state index contributed by atoms with van der Waals surface area (Å²) in [5.74, 6) is 1.14. The van der Waals surface area contributed by atoms with Gasteiger partial charge in [-0.2, -0.15) is 0 Å². The Morgan fingerprint density at radius 3 is 2.21 bits per heavy atom. The molecule has 4 N–H and O–H groups in total. The number of rotatable bonds is 12. The lowest BCUT2D eigenvalue weighted by atomic mass is 9.37. The molecule has 0 aliphatic heterocycles. The number of ketones is 2. The molecule has 7 rings (SSSR count). The Balaban J connectivity index is 1.04. The highest BCUT2D eigenvalue weighted by Gasteiger charge is 2.65. The fourth-order valence-corrected chi connectivity index (χ4v) is 14.5. The number of hydrogen-bond donors (Lipinski definition) is 4. The van der Waals surface area contributed by atoms with Gasteiger partial charge in [-0.1, -0.05) is 58.7 Å². The van der Waals surface area contributed by atoms with Crippen LogP contribution in [0.3, 0.4) is 0 Å². The van der Waals surface area contributed by atoms with Gasteiger partial charge >= 0.3 is 5.97 Å². The van der Waals surface area contributed by atoms with Crippen LogP contribution in [0.5, 0.6) is 0 Å². The molecule has 318 valence electrons. The van der Waals surface area contributed by atoms with Gasteiger partial charge in [-0.05, 0) is 159 Å². The van der Waals surface area contributed by atoms with Crippen LogP contribution in [0.25, 0.3) is 0 Å². The van der Waals surface area contributed by atoms with E-state index in [-0.39, 0.29) is 51.5 Å². The number of carboxylic acids is 1. The molecule has 0 radical (unpaired) electrons. The standard InChI is InChI=1S/C48H67ClN2O7/c1-26(2)40-38(54)24-48(20-21-50-44(58)47(7,25-52)51-42(55)29-8-10-31(49)11-9-29)19-16-36-32(41(40)48)12-13-39-45(5)17-14-30(27(3)35(45)15-18-46(36,39)6)22-37(53)33-23-34(28(33)4)43(56)57/h8-11,26-28,30,32-36,39,52H,12-25H2,1-7H3,(H,50,58)(H,51,55)(H,56,57). The smallest absolute Gasteiger partial charge is 0.306 e. The average Bonchev–Trinajstić information content (AvgIpc) is 3.47. The third-order valence-corrected chi connectivity index (χ3v) is 17.9. The average molecular weight is 820 g/mol. The zero-order chi connectivity index (χ0) is 42.1. The fourth-order valence-electron chi connectivity index (χ4n) is 14.4. The number of nitrogens with one attached hydrogen (secondary N) is 2. The first-order valence-corrected chi connectivity index (χ1v) is 22.7. The molecule has 0 heterocycles. The van der Waals surface area contributed by atoms with E-state index in [1.54, 1.807) is 24.3 Å². The Kier molecular flexibility index (Phi) is 11.7. The van der Waals surface area contributed by atoms with Crippen molar-refractivity contribution >= 4 is 41.0 Å². The highest BCUT2D eigenvalue weighted by atomic mass is 35.5. The zero-order valence-electron chi connectivity index (χ0n) is 35.8. The number of carbonyl (C=O) groups excluding carboxylic acids is 4. The summed E-state index contributed by atoms with van der Waals surface area (Å²) in [4.78, 5) is 65.7. The lowest BCUT2D eigenvalue weighted by Crippen LogP contribution is -2.60. The number of carbonyl (C=O) groups is 5. The van der Waals surface area contributed by atoms with Gasteiger partial charge in [0.05, 0.1) is 12.5 Å². The molecule has 13 unspecified atom stereocenters. The summed E-state index contributed by atoms with van der Waals surface area (Å²) < 4.78 is 0. The third kappa shape index (κ3) is 7.10. The molecule has 2 amide bonds. The predicted molar refractivity (Wildman–Crippen MR) is 224 cm³/mol. The van der Waals surface area contributed by atoms with E-state index in [1.807, 2.05) is 6.92 Å². The van der Waals surface area contributed by atoms with E-state index in [1.165, 1.54) is 12.5 Å². The maximum Gasteiger partial charge on any atom is 0.306 e.